The molecule has 0 aliphatic rings. The van der Waals surface area contributed by atoms with Gasteiger partial charge in [0.15, 0.2) is 5.82 Å². The molecule has 11 heteroatoms. The van der Waals surface area contributed by atoms with Gasteiger partial charge in [0.05, 0.1) is 22.7 Å². The van der Waals surface area contributed by atoms with E-state index in [2.05, 4.69) is 10.4 Å². The van der Waals surface area contributed by atoms with Crippen LogP contribution in [0.2, 0.25) is 0 Å². The second kappa shape index (κ2) is 8.68. The van der Waals surface area contributed by atoms with Crippen LogP contribution in [0.5, 0.6) is 0 Å². The topological polar surface area (TPSA) is 154 Å². The van der Waals surface area contributed by atoms with Gasteiger partial charge in [-0.3, -0.25) is 10.1 Å². The van der Waals surface area contributed by atoms with Crippen molar-refractivity contribution in [2.45, 2.75) is 18.2 Å². The number of rotatable bonds is 6. The van der Waals surface area contributed by atoms with Gasteiger partial charge in [-0.25, -0.2) is 22.6 Å². The first-order valence-corrected chi connectivity index (χ1v) is 10.4. The lowest BCUT2D eigenvalue weighted by Gasteiger charge is -2.11. The van der Waals surface area contributed by atoms with E-state index in [9.17, 15) is 23.3 Å². The molecular formula is C20H17N5O5S. The van der Waals surface area contributed by atoms with Crippen molar-refractivity contribution in [3.8, 4) is 11.8 Å². The number of nitriles is 1. The number of benzene rings is 2. The Labute approximate surface area is 177 Å². The lowest BCUT2D eigenvalue weighted by Crippen LogP contribution is -2.35. The number of carboxylic acids is 1. The fraction of sp³-hybridized carbons (Fsp3) is 0.100. The number of aliphatic carboxylic acids is 1. The van der Waals surface area contributed by atoms with Gasteiger partial charge in [0.1, 0.15) is 11.6 Å². The summed E-state index contributed by atoms with van der Waals surface area (Å²) in [5.74, 6) is -1.37. The molecule has 3 rings (SSSR count). The minimum atomic E-state index is -4.17. The number of carboxylic acid groups (broad SMARTS) is 1. The molecule has 2 aromatic carbocycles. The van der Waals surface area contributed by atoms with Crippen LogP contribution >= 0.6 is 0 Å². The van der Waals surface area contributed by atoms with E-state index in [0.29, 0.717) is 5.69 Å². The number of carbonyl (C=O) groups excluding carboxylic acids is 1. The molecule has 1 heterocycles. The molecule has 0 fully saturated rings. The van der Waals surface area contributed by atoms with E-state index in [-0.39, 0.29) is 22.0 Å². The Bertz CT molecular complexity index is 1280. The monoisotopic (exact) mass is 439 g/mol. The zero-order valence-electron chi connectivity index (χ0n) is 16.2. The molecule has 0 bridgehead atoms. The predicted molar refractivity (Wildman–Crippen MR) is 110 cm³/mol. The third-order valence-corrected chi connectivity index (χ3v) is 5.53. The smallest absolute Gasteiger partial charge is 0.334 e. The Hall–Kier alpha value is -4.17. The van der Waals surface area contributed by atoms with Crippen LogP contribution in [0.1, 0.15) is 16.8 Å². The quantitative estimate of drug-likeness (QED) is 0.532. The van der Waals surface area contributed by atoms with Crippen LogP contribution in [0.15, 0.2) is 59.5 Å². The molecule has 0 radical (unpaired) electrons. The number of carbonyl (C=O) groups is 2. The molecule has 0 atom stereocenters. The standard InChI is InChI=1S/C20H17N5O5S/c1-13-7-9-15(10-8-13)31(29,30)24-20(28)22-19-16(12-21)17(11-18(26)27)23-25(19)14-5-3-2-4-6-14/h2-10H,11H2,1H3,(H,26,27)(H2,22,24,28). The predicted octanol–water partition coefficient (Wildman–Crippen LogP) is 2.19. The fourth-order valence-corrected chi connectivity index (χ4v) is 3.66. The molecule has 3 aromatic rings. The van der Waals surface area contributed by atoms with Gasteiger partial charge < -0.3 is 5.11 Å². The number of nitrogens with one attached hydrogen (secondary N) is 2. The van der Waals surface area contributed by atoms with Gasteiger partial charge in [0.2, 0.25) is 0 Å². The van der Waals surface area contributed by atoms with E-state index in [4.69, 9.17) is 5.11 Å². The summed E-state index contributed by atoms with van der Waals surface area (Å²) in [4.78, 5) is 23.5. The Kier molecular flexibility index (Phi) is 6.03. The molecule has 0 saturated heterocycles. The van der Waals surface area contributed by atoms with Crippen LogP contribution in [-0.4, -0.2) is 35.3 Å². The summed E-state index contributed by atoms with van der Waals surface area (Å²) >= 11 is 0. The van der Waals surface area contributed by atoms with Crippen LogP contribution in [0.4, 0.5) is 10.6 Å². The highest BCUT2D eigenvalue weighted by Crippen LogP contribution is 2.24. The van der Waals surface area contributed by atoms with E-state index in [1.807, 2.05) is 10.8 Å². The van der Waals surface area contributed by atoms with Crippen LogP contribution in [0, 0.1) is 18.3 Å². The Morgan fingerprint density at radius 3 is 2.35 bits per heavy atom. The summed E-state index contributed by atoms with van der Waals surface area (Å²) in [5.41, 5.74) is 1.02. The number of anilines is 1. The zero-order valence-corrected chi connectivity index (χ0v) is 17.0. The van der Waals surface area contributed by atoms with Crippen LogP contribution in [0.3, 0.4) is 0 Å². The lowest BCUT2D eigenvalue weighted by atomic mass is 10.2. The van der Waals surface area contributed by atoms with Gasteiger partial charge in [0.25, 0.3) is 10.0 Å². The van der Waals surface area contributed by atoms with Gasteiger partial charge in [-0.2, -0.15) is 10.4 Å². The number of nitrogens with zero attached hydrogens (tertiary/aromatic N) is 3. The number of hydrogen-bond donors (Lipinski definition) is 3. The maximum absolute atomic E-state index is 12.5. The van der Waals surface area contributed by atoms with Crippen molar-refractivity contribution in [3.63, 3.8) is 0 Å². The Balaban J connectivity index is 1.96. The number of urea groups is 1. The van der Waals surface area contributed by atoms with E-state index >= 15 is 0 Å². The van der Waals surface area contributed by atoms with Gasteiger partial charge in [-0.15, -0.1) is 0 Å². The Morgan fingerprint density at radius 2 is 1.77 bits per heavy atom. The molecular weight excluding hydrogens is 422 g/mol. The number of aryl methyl sites for hydroxylation is 1. The SMILES string of the molecule is Cc1ccc(S(=O)(=O)NC(=O)Nc2c(C#N)c(CC(=O)O)nn2-c2ccccc2)cc1. The van der Waals surface area contributed by atoms with Crippen molar-refractivity contribution in [1.82, 2.24) is 14.5 Å². The molecule has 0 unspecified atom stereocenters. The average Bonchev–Trinajstić information content (AvgIpc) is 3.04. The fourth-order valence-electron chi connectivity index (χ4n) is 2.75. The van der Waals surface area contributed by atoms with Crippen LogP contribution in [-0.2, 0) is 21.2 Å². The lowest BCUT2D eigenvalue weighted by molar-refractivity contribution is -0.136. The highest BCUT2D eigenvalue weighted by Gasteiger charge is 2.24. The van der Waals surface area contributed by atoms with Gasteiger partial charge in [-0.1, -0.05) is 35.9 Å². The van der Waals surface area contributed by atoms with E-state index < -0.39 is 28.4 Å². The van der Waals surface area contributed by atoms with Gasteiger partial charge >= 0.3 is 12.0 Å². The summed E-state index contributed by atoms with van der Waals surface area (Å²) in [5, 5.41) is 25.1. The second-order valence-corrected chi connectivity index (χ2v) is 8.16. The third-order valence-electron chi connectivity index (χ3n) is 4.18. The second-order valence-electron chi connectivity index (χ2n) is 6.47. The summed E-state index contributed by atoms with van der Waals surface area (Å²) < 4.78 is 28.0. The molecule has 10 nitrogen and oxygen atoms in total. The van der Waals surface area contributed by atoms with Crippen LogP contribution in [0.25, 0.3) is 5.69 Å². The number of hydrogen-bond acceptors (Lipinski definition) is 6. The van der Waals surface area contributed by atoms with E-state index in [1.165, 1.54) is 16.8 Å². The highest BCUT2D eigenvalue weighted by atomic mass is 32.2. The maximum atomic E-state index is 12.5. The van der Waals surface area contributed by atoms with Gasteiger partial charge in [0, 0.05) is 0 Å². The summed E-state index contributed by atoms with van der Waals surface area (Å²) in [6, 6.07) is 14.9. The average molecular weight is 439 g/mol. The van der Waals surface area contributed by atoms with Crippen molar-refractivity contribution in [2.75, 3.05) is 5.32 Å². The first-order valence-electron chi connectivity index (χ1n) is 8.91. The van der Waals surface area contributed by atoms with E-state index in [0.717, 1.165) is 5.56 Å². The molecule has 3 N–H and O–H groups in total. The highest BCUT2D eigenvalue weighted by molar-refractivity contribution is 7.90. The van der Waals surface area contributed by atoms with Crippen molar-refractivity contribution in [2.24, 2.45) is 0 Å². The minimum Gasteiger partial charge on any atom is -0.481 e. The van der Waals surface area contributed by atoms with Crippen molar-refractivity contribution >= 4 is 27.8 Å². The molecule has 2 amide bonds. The van der Waals surface area contributed by atoms with Crippen LogP contribution < -0.4 is 10.0 Å². The zero-order chi connectivity index (χ0) is 22.6. The van der Waals surface area contributed by atoms with E-state index in [1.54, 1.807) is 49.4 Å². The number of para-hydroxylation sites is 1. The summed E-state index contributed by atoms with van der Waals surface area (Å²) in [6.45, 7) is 1.79. The minimum absolute atomic E-state index is 0.0736. The normalized spacial score (nSPS) is 10.8. The Morgan fingerprint density at radius 1 is 1.13 bits per heavy atom. The largest absolute Gasteiger partial charge is 0.481 e. The molecule has 1 aromatic heterocycles. The first-order chi connectivity index (χ1) is 14.7. The summed E-state index contributed by atoms with van der Waals surface area (Å²) in [6.07, 6.45) is -0.555. The summed E-state index contributed by atoms with van der Waals surface area (Å²) in [7, 11) is -4.17. The van der Waals surface area contributed by atoms with Gasteiger partial charge in [-0.05, 0) is 31.2 Å². The van der Waals surface area contributed by atoms with Crippen molar-refractivity contribution < 1.29 is 23.1 Å². The number of amides is 2. The number of aromatic nitrogens is 2. The first kappa shape index (κ1) is 21.5. The number of sulfonamides is 1. The molecule has 158 valence electrons. The molecule has 0 aliphatic heterocycles. The maximum Gasteiger partial charge on any atom is 0.334 e. The molecule has 31 heavy (non-hydrogen) atoms. The molecule has 0 spiro atoms. The third kappa shape index (κ3) is 4.88. The van der Waals surface area contributed by atoms with Crippen molar-refractivity contribution in [3.05, 3.63) is 71.4 Å². The molecule has 0 saturated carbocycles. The molecule has 0 aliphatic carbocycles. The van der Waals surface area contributed by atoms with Crippen molar-refractivity contribution in [1.29, 1.82) is 5.26 Å².